The van der Waals surface area contributed by atoms with E-state index in [1.165, 1.54) is 0 Å². The zero-order chi connectivity index (χ0) is 13.9. The quantitative estimate of drug-likeness (QED) is 0.877. The molecule has 0 saturated heterocycles. The first-order chi connectivity index (χ1) is 9.72. The number of aromatic nitrogens is 4. The Hall–Kier alpha value is -2.28. The van der Waals surface area contributed by atoms with E-state index in [2.05, 4.69) is 30.0 Å². The Kier molecular flexibility index (Phi) is 3.42. The fourth-order valence-electron chi connectivity index (χ4n) is 2.33. The van der Waals surface area contributed by atoms with Crippen molar-refractivity contribution >= 4 is 11.6 Å². The number of nitrogens with zero attached hydrogens (tertiary/aromatic N) is 5. The SMILES string of the molecule is Cc1nnc2n1CCN(CC(=O)Nc1ccncc1)C2. The lowest BCUT2D eigenvalue weighted by atomic mass is 10.3. The molecular weight excluding hydrogens is 256 g/mol. The van der Waals surface area contributed by atoms with E-state index in [0.29, 0.717) is 13.1 Å². The number of carbonyl (C=O) groups excluding carboxylic acids is 1. The van der Waals surface area contributed by atoms with Gasteiger partial charge in [0.2, 0.25) is 5.91 Å². The van der Waals surface area contributed by atoms with Crippen LogP contribution in [0.1, 0.15) is 11.6 Å². The fraction of sp³-hybridized carbons (Fsp3) is 0.385. The summed E-state index contributed by atoms with van der Waals surface area (Å²) in [6.07, 6.45) is 3.31. The molecule has 7 nitrogen and oxygen atoms in total. The van der Waals surface area contributed by atoms with Crippen LogP contribution in [0.3, 0.4) is 0 Å². The van der Waals surface area contributed by atoms with Gasteiger partial charge in [0.1, 0.15) is 11.6 Å². The Balaban J connectivity index is 1.58. The molecule has 1 aliphatic rings. The van der Waals surface area contributed by atoms with E-state index >= 15 is 0 Å². The molecule has 2 aromatic heterocycles. The number of anilines is 1. The van der Waals surface area contributed by atoms with Crippen molar-refractivity contribution in [3.8, 4) is 0 Å². The van der Waals surface area contributed by atoms with Crippen molar-refractivity contribution in [2.45, 2.75) is 20.0 Å². The first-order valence-corrected chi connectivity index (χ1v) is 6.53. The van der Waals surface area contributed by atoms with Crippen molar-refractivity contribution < 1.29 is 4.79 Å². The van der Waals surface area contributed by atoms with Gasteiger partial charge in [-0.05, 0) is 19.1 Å². The van der Waals surface area contributed by atoms with Gasteiger partial charge in [0.15, 0.2) is 0 Å². The summed E-state index contributed by atoms with van der Waals surface area (Å²) in [4.78, 5) is 18.0. The van der Waals surface area contributed by atoms with Crippen molar-refractivity contribution in [1.82, 2.24) is 24.6 Å². The van der Waals surface area contributed by atoms with Crippen molar-refractivity contribution in [2.75, 3.05) is 18.4 Å². The van der Waals surface area contributed by atoms with E-state index in [1.54, 1.807) is 24.5 Å². The predicted molar refractivity (Wildman–Crippen MR) is 72.9 cm³/mol. The predicted octanol–water partition coefficient (Wildman–Crippen LogP) is 0.436. The van der Waals surface area contributed by atoms with E-state index in [4.69, 9.17) is 0 Å². The highest BCUT2D eigenvalue weighted by Gasteiger charge is 2.21. The van der Waals surface area contributed by atoms with Gasteiger partial charge in [-0.3, -0.25) is 14.7 Å². The third-order valence-electron chi connectivity index (χ3n) is 3.35. The second-order valence-electron chi connectivity index (χ2n) is 4.81. The third kappa shape index (κ3) is 2.67. The summed E-state index contributed by atoms with van der Waals surface area (Å²) in [7, 11) is 0. The van der Waals surface area contributed by atoms with E-state index in [0.717, 1.165) is 30.4 Å². The summed E-state index contributed by atoms with van der Waals surface area (Å²) in [5.74, 6) is 1.83. The Morgan fingerprint density at radius 2 is 2.10 bits per heavy atom. The Bertz CT molecular complexity index is 609. The Morgan fingerprint density at radius 3 is 2.90 bits per heavy atom. The lowest BCUT2D eigenvalue weighted by Gasteiger charge is -2.26. The molecule has 104 valence electrons. The summed E-state index contributed by atoms with van der Waals surface area (Å²) in [5.41, 5.74) is 0.765. The number of hydrogen-bond acceptors (Lipinski definition) is 5. The van der Waals surface area contributed by atoms with Gasteiger partial charge >= 0.3 is 0 Å². The molecule has 0 atom stereocenters. The number of carbonyl (C=O) groups is 1. The van der Waals surface area contributed by atoms with Crippen LogP contribution in [-0.4, -0.2) is 43.6 Å². The zero-order valence-electron chi connectivity index (χ0n) is 11.3. The van der Waals surface area contributed by atoms with Crippen molar-refractivity contribution in [3.63, 3.8) is 0 Å². The second kappa shape index (κ2) is 5.38. The van der Waals surface area contributed by atoms with Crippen LogP contribution < -0.4 is 5.32 Å². The molecule has 7 heteroatoms. The maximum absolute atomic E-state index is 12.0. The van der Waals surface area contributed by atoms with Gasteiger partial charge in [-0.2, -0.15) is 0 Å². The van der Waals surface area contributed by atoms with Gasteiger partial charge in [0.25, 0.3) is 0 Å². The Morgan fingerprint density at radius 1 is 1.30 bits per heavy atom. The summed E-state index contributed by atoms with van der Waals surface area (Å²) in [6.45, 7) is 4.62. The maximum atomic E-state index is 12.0. The van der Waals surface area contributed by atoms with Gasteiger partial charge in [0.05, 0.1) is 13.1 Å². The molecule has 0 aliphatic carbocycles. The molecule has 1 aliphatic heterocycles. The van der Waals surface area contributed by atoms with Crippen LogP contribution in [0, 0.1) is 6.92 Å². The molecule has 2 aromatic rings. The van der Waals surface area contributed by atoms with E-state index in [-0.39, 0.29) is 5.91 Å². The molecule has 0 bridgehead atoms. The maximum Gasteiger partial charge on any atom is 0.238 e. The fourth-order valence-corrected chi connectivity index (χ4v) is 2.33. The molecule has 20 heavy (non-hydrogen) atoms. The minimum Gasteiger partial charge on any atom is -0.325 e. The number of amides is 1. The highest BCUT2D eigenvalue weighted by atomic mass is 16.2. The van der Waals surface area contributed by atoms with Gasteiger partial charge in [-0.25, -0.2) is 0 Å². The topological polar surface area (TPSA) is 75.9 Å². The van der Waals surface area contributed by atoms with Gasteiger partial charge in [0, 0.05) is 31.2 Å². The molecule has 1 N–H and O–H groups in total. The lowest BCUT2D eigenvalue weighted by molar-refractivity contribution is -0.117. The summed E-state index contributed by atoms with van der Waals surface area (Å²) >= 11 is 0. The average Bonchev–Trinajstić information content (AvgIpc) is 2.81. The number of nitrogens with one attached hydrogen (secondary N) is 1. The second-order valence-corrected chi connectivity index (χ2v) is 4.81. The minimum absolute atomic E-state index is 0.0270. The molecule has 0 saturated carbocycles. The van der Waals surface area contributed by atoms with Crippen molar-refractivity contribution in [2.24, 2.45) is 0 Å². The normalized spacial score (nSPS) is 14.8. The van der Waals surface area contributed by atoms with Crippen LogP contribution in [0.25, 0.3) is 0 Å². The van der Waals surface area contributed by atoms with Crippen LogP contribution in [0.15, 0.2) is 24.5 Å². The molecule has 0 fully saturated rings. The van der Waals surface area contributed by atoms with Crippen molar-refractivity contribution in [3.05, 3.63) is 36.2 Å². The zero-order valence-corrected chi connectivity index (χ0v) is 11.3. The molecule has 0 unspecified atom stereocenters. The number of hydrogen-bond donors (Lipinski definition) is 1. The molecule has 1 amide bonds. The summed E-state index contributed by atoms with van der Waals surface area (Å²) in [6, 6.07) is 3.54. The number of pyridine rings is 1. The highest BCUT2D eigenvalue weighted by Crippen LogP contribution is 2.12. The standard InChI is InChI=1S/C13H16N6O/c1-10-16-17-12-8-18(6-7-19(10)12)9-13(20)15-11-2-4-14-5-3-11/h2-5H,6-9H2,1H3,(H,14,15,20). The van der Waals surface area contributed by atoms with Gasteiger partial charge < -0.3 is 9.88 Å². The largest absolute Gasteiger partial charge is 0.325 e. The first kappa shape index (κ1) is 12.7. The Labute approximate surface area is 116 Å². The highest BCUT2D eigenvalue weighted by molar-refractivity contribution is 5.92. The van der Waals surface area contributed by atoms with Crippen molar-refractivity contribution in [1.29, 1.82) is 0 Å². The number of aryl methyl sites for hydroxylation is 1. The molecule has 3 heterocycles. The van der Waals surface area contributed by atoms with Gasteiger partial charge in [-0.1, -0.05) is 0 Å². The number of fused-ring (bicyclic) bond motifs is 1. The number of rotatable bonds is 3. The monoisotopic (exact) mass is 272 g/mol. The molecular formula is C13H16N6O. The smallest absolute Gasteiger partial charge is 0.238 e. The van der Waals surface area contributed by atoms with Crippen LogP contribution in [0.2, 0.25) is 0 Å². The van der Waals surface area contributed by atoms with Crippen LogP contribution in [0.5, 0.6) is 0 Å². The van der Waals surface area contributed by atoms with Crippen LogP contribution in [-0.2, 0) is 17.9 Å². The molecule has 3 rings (SSSR count). The van der Waals surface area contributed by atoms with E-state index in [1.807, 2.05) is 6.92 Å². The molecule has 0 spiro atoms. The summed E-state index contributed by atoms with van der Waals surface area (Å²) < 4.78 is 2.09. The van der Waals surface area contributed by atoms with Crippen LogP contribution in [0.4, 0.5) is 5.69 Å². The van der Waals surface area contributed by atoms with Gasteiger partial charge in [-0.15, -0.1) is 10.2 Å². The lowest BCUT2D eigenvalue weighted by Crippen LogP contribution is -2.39. The van der Waals surface area contributed by atoms with Crippen LogP contribution >= 0.6 is 0 Å². The van der Waals surface area contributed by atoms with E-state index in [9.17, 15) is 4.79 Å². The molecule has 0 radical (unpaired) electrons. The summed E-state index contributed by atoms with van der Waals surface area (Å²) in [5, 5.41) is 11.0. The third-order valence-corrected chi connectivity index (χ3v) is 3.35. The average molecular weight is 272 g/mol. The molecule has 0 aromatic carbocycles. The van der Waals surface area contributed by atoms with E-state index < -0.39 is 0 Å². The first-order valence-electron chi connectivity index (χ1n) is 6.53. The minimum atomic E-state index is -0.0270.